The first-order chi connectivity index (χ1) is 22.0. The van der Waals surface area contributed by atoms with Gasteiger partial charge in [0, 0.05) is 38.7 Å². The first kappa shape index (κ1) is 33.8. The highest BCUT2D eigenvalue weighted by atomic mass is 32.2. The predicted molar refractivity (Wildman–Crippen MR) is 177 cm³/mol. The van der Waals surface area contributed by atoms with Gasteiger partial charge >= 0.3 is 12.1 Å². The van der Waals surface area contributed by atoms with Crippen molar-refractivity contribution in [1.82, 2.24) is 10.3 Å². The van der Waals surface area contributed by atoms with Crippen LogP contribution in [0.4, 0.5) is 26.4 Å². The van der Waals surface area contributed by atoms with Crippen LogP contribution in [0.5, 0.6) is 5.75 Å². The van der Waals surface area contributed by atoms with E-state index in [0.29, 0.717) is 45.4 Å². The molecule has 1 unspecified atom stereocenters. The predicted octanol–water partition coefficient (Wildman–Crippen LogP) is 6.52. The lowest BCUT2D eigenvalue weighted by Crippen LogP contribution is -2.37. The molecule has 1 heterocycles. The standard InChI is InChI=1S/C33H36FN5O6S/c1-5-45-22-8-10-26(34)24(16-22)30(37-20-6-9-23-19(14-20)12-13-36-31(23)35)32(42)39-27(17-29(40)41)25-15-21(38-33(43)44-4)7-11-28(25)46-18(2)3/h6-16,18,27,30,37H,5,17H2,1-4H3,(H2,35,36)(H,38,43)(H,39,42)(H,40,41)/t27-,30?/m1/s1. The van der Waals surface area contributed by atoms with Gasteiger partial charge in [-0.05, 0) is 78.5 Å². The minimum atomic E-state index is -1.31. The molecule has 0 bridgehead atoms. The zero-order chi connectivity index (χ0) is 33.4. The van der Waals surface area contributed by atoms with E-state index >= 15 is 4.39 Å². The van der Waals surface area contributed by atoms with Gasteiger partial charge in [-0.15, -0.1) is 11.8 Å². The van der Waals surface area contributed by atoms with E-state index in [0.717, 1.165) is 5.39 Å². The minimum Gasteiger partial charge on any atom is -0.494 e. The number of thioether (sulfide) groups is 1. The number of fused-ring (bicyclic) bond motifs is 1. The summed E-state index contributed by atoms with van der Waals surface area (Å²) in [6.45, 7) is 6.05. The molecule has 0 saturated heterocycles. The molecule has 4 aromatic rings. The number of carboxylic acids is 1. The van der Waals surface area contributed by atoms with Crippen LogP contribution in [0, 0.1) is 5.82 Å². The summed E-state index contributed by atoms with van der Waals surface area (Å²) in [5.41, 5.74) is 7.28. The number of nitrogen functional groups attached to an aromatic ring is 1. The summed E-state index contributed by atoms with van der Waals surface area (Å²) in [5, 5.41) is 20.0. The molecule has 3 aromatic carbocycles. The summed E-state index contributed by atoms with van der Waals surface area (Å²) in [4.78, 5) is 43.0. The number of carboxylic acid groups (broad SMARTS) is 1. The lowest BCUT2D eigenvalue weighted by atomic mass is 9.99. The molecule has 11 nitrogen and oxygen atoms in total. The topological polar surface area (TPSA) is 165 Å². The normalized spacial score (nSPS) is 12.3. The monoisotopic (exact) mass is 649 g/mol. The van der Waals surface area contributed by atoms with E-state index in [1.54, 1.807) is 55.6 Å². The molecule has 4 rings (SSSR count). The number of aromatic nitrogens is 1. The second-order valence-corrected chi connectivity index (χ2v) is 12.1. The fourth-order valence-corrected chi connectivity index (χ4v) is 5.83. The highest BCUT2D eigenvalue weighted by Crippen LogP contribution is 2.35. The molecule has 0 aliphatic heterocycles. The average Bonchev–Trinajstić information content (AvgIpc) is 3.01. The number of rotatable bonds is 13. The van der Waals surface area contributed by atoms with E-state index < -0.39 is 42.3 Å². The van der Waals surface area contributed by atoms with Crippen LogP contribution in [0.1, 0.15) is 50.4 Å². The third kappa shape index (κ3) is 8.57. The second-order valence-electron chi connectivity index (χ2n) is 10.5. The van der Waals surface area contributed by atoms with Gasteiger partial charge in [0.1, 0.15) is 23.4 Å². The fraction of sp³-hybridized carbons (Fsp3) is 0.273. The zero-order valence-corrected chi connectivity index (χ0v) is 26.6. The van der Waals surface area contributed by atoms with Crippen molar-refractivity contribution in [3.63, 3.8) is 0 Å². The summed E-state index contributed by atoms with van der Waals surface area (Å²) in [6.07, 6.45) is 0.356. The van der Waals surface area contributed by atoms with Gasteiger partial charge in [0.25, 0.3) is 0 Å². The maximum Gasteiger partial charge on any atom is 0.411 e. The van der Waals surface area contributed by atoms with Crippen LogP contribution in [-0.4, -0.2) is 47.0 Å². The van der Waals surface area contributed by atoms with E-state index in [9.17, 15) is 19.5 Å². The number of anilines is 3. The number of nitrogens with one attached hydrogen (secondary N) is 3. The number of nitrogens with two attached hydrogens (primary N) is 1. The molecule has 0 fully saturated rings. The van der Waals surface area contributed by atoms with E-state index in [1.807, 2.05) is 13.8 Å². The largest absolute Gasteiger partial charge is 0.494 e. The number of ether oxygens (including phenoxy) is 2. The Morgan fingerprint density at radius 1 is 1.02 bits per heavy atom. The molecule has 46 heavy (non-hydrogen) atoms. The van der Waals surface area contributed by atoms with Gasteiger partial charge in [-0.2, -0.15) is 0 Å². The highest BCUT2D eigenvalue weighted by molar-refractivity contribution is 8.00. The van der Waals surface area contributed by atoms with Crippen LogP contribution in [0.15, 0.2) is 71.8 Å². The van der Waals surface area contributed by atoms with Crippen molar-refractivity contribution in [2.45, 2.75) is 49.4 Å². The van der Waals surface area contributed by atoms with Gasteiger partial charge in [0.15, 0.2) is 0 Å². The van der Waals surface area contributed by atoms with Gasteiger partial charge in [0.05, 0.1) is 26.2 Å². The molecular weight excluding hydrogens is 613 g/mol. The Hall–Kier alpha value is -5.04. The van der Waals surface area contributed by atoms with E-state index in [-0.39, 0.29) is 10.8 Å². The van der Waals surface area contributed by atoms with Crippen LogP contribution in [0.25, 0.3) is 10.8 Å². The number of methoxy groups -OCH3 is 1. The summed E-state index contributed by atoms with van der Waals surface area (Å²) in [5.74, 6) is -1.84. The number of benzene rings is 3. The van der Waals surface area contributed by atoms with Crippen molar-refractivity contribution in [1.29, 1.82) is 0 Å². The van der Waals surface area contributed by atoms with Crippen LogP contribution in [0.2, 0.25) is 0 Å². The van der Waals surface area contributed by atoms with Gasteiger partial charge in [-0.25, -0.2) is 14.2 Å². The molecule has 0 aliphatic carbocycles. The summed E-state index contributed by atoms with van der Waals surface area (Å²) in [6, 6.07) is 13.7. The van der Waals surface area contributed by atoms with Crippen LogP contribution in [0.3, 0.4) is 0 Å². The summed E-state index contributed by atoms with van der Waals surface area (Å²) < 4.78 is 25.8. The van der Waals surface area contributed by atoms with Crippen molar-refractivity contribution in [2.75, 3.05) is 30.1 Å². The molecule has 0 saturated carbocycles. The molecule has 0 radical (unpaired) electrons. The number of halogens is 1. The molecule has 2 amide bonds. The first-order valence-corrected chi connectivity index (χ1v) is 15.4. The fourth-order valence-electron chi connectivity index (χ4n) is 4.84. The average molecular weight is 650 g/mol. The van der Waals surface area contributed by atoms with Gasteiger partial charge in [0.2, 0.25) is 5.91 Å². The van der Waals surface area contributed by atoms with E-state index in [4.69, 9.17) is 15.2 Å². The Labute approximate surface area is 270 Å². The maximum absolute atomic E-state index is 15.5. The van der Waals surface area contributed by atoms with E-state index in [2.05, 4.69) is 20.9 Å². The molecular formula is C33H36FN5O6S. The molecule has 13 heteroatoms. The minimum absolute atomic E-state index is 0.00949. The molecule has 1 aromatic heterocycles. The Kier molecular flexibility index (Phi) is 11.3. The lowest BCUT2D eigenvalue weighted by molar-refractivity contribution is -0.137. The summed E-state index contributed by atoms with van der Waals surface area (Å²) >= 11 is 1.46. The van der Waals surface area contributed by atoms with Crippen molar-refractivity contribution in [3.05, 3.63) is 83.8 Å². The van der Waals surface area contributed by atoms with Gasteiger partial charge < -0.3 is 30.9 Å². The van der Waals surface area contributed by atoms with Crippen molar-refractivity contribution in [3.8, 4) is 5.75 Å². The Morgan fingerprint density at radius 3 is 2.48 bits per heavy atom. The van der Waals surface area contributed by atoms with Gasteiger partial charge in [-0.3, -0.25) is 14.9 Å². The van der Waals surface area contributed by atoms with E-state index in [1.165, 1.54) is 37.1 Å². The molecule has 242 valence electrons. The van der Waals surface area contributed by atoms with Crippen LogP contribution in [-0.2, 0) is 14.3 Å². The highest BCUT2D eigenvalue weighted by Gasteiger charge is 2.30. The number of nitrogens with zero attached hydrogens (tertiary/aromatic N) is 1. The molecule has 6 N–H and O–H groups in total. The third-order valence-corrected chi connectivity index (χ3v) is 7.93. The Morgan fingerprint density at radius 2 is 1.78 bits per heavy atom. The number of carbonyl (C=O) groups is 3. The molecule has 0 aliphatic rings. The lowest BCUT2D eigenvalue weighted by Gasteiger charge is -2.26. The number of amides is 2. The number of carbonyl (C=O) groups excluding carboxylic acids is 2. The van der Waals surface area contributed by atoms with Crippen LogP contribution >= 0.6 is 11.8 Å². The Balaban J connectivity index is 1.79. The SMILES string of the molecule is CCOc1ccc(F)c(C(Nc2ccc3c(N)nccc3c2)C(=O)N[C@H](CC(=O)O)c2cc(NC(=O)OC)ccc2SC(C)C)c1. The van der Waals surface area contributed by atoms with Crippen molar-refractivity contribution in [2.24, 2.45) is 0 Å². The number of hydrogen-bond donors (Lipinski definition) is 5. The van der Waals surface area contributed by atoms with Crippen molar-refractivity contribution < 1.29 is 33.4 Å². The number of pyridine rings is 1. The summed E-state index contributed by atoms with van der Waals surface area (Å²) in [7, 11) is 1.22. The third-order valence-electron chi connectivity index (χ3n) is 6.83. The smallest absolute Gasteiger partial charge is 0.411 e. The molecule has 2 atom stereocenters. The quantitative estimate of drug-likeness (QED) is 0.101. The number of hydrogen-bond acceptors (Lipinski definition) is 9. The van der Waals surface area contributed by atoms with Gasteiger partial charge in [-0.1, -0.05) is 13.8 Å². The molecule has 0 spiro atoms. The second kappa shape index (κ2) is 15.3. The van der Waals surface area contributed by atoms with Crippen molar-refractivity contribution >= 4 is 57.7 Å². The van der Waals surface area contributed by atoms with Crippen LogP contribution < -0.4 is 26.4 Å². The number of aliphatic carboxylic acids is 1. The first-order valence-electron chi connectivity index (χ1n) is 14.5. The Bertz CT molecular complexity index is 1740. The maximum atomic E-state index is 15.5. The zero-order valence-electron chi connectivity index (χ0n) is 25.8.